The van der Waals surface area contributed by atoms with E-state index >= 15 is 0 Å². The number of carboxylic acids is 1. The second-order valence-corrected chi connectivity index (χ2v) is 6.75. The van der Waals surface area contributed by atoms with Gasteiger partial charge in [-0.3, -0.25) is 19.4 Å². The molecule has 2 N–H and O–H groups in total. The molecule has 2 aromatic rings. The van der Waals surface area contributed by atoms with Gasteiger partial charge in [0.1, 0.15) is 5.82 Å². The van der Waals surface area contributed by atoms with Gasteiger partial charge in [0.2, 0.25) is 6.41 Å². The van der Waals surface area contributed by atoms with E-state index in [9.17, 15) is 23.9 Å². The van der Waals surface area contributed by atoms with Crippen LogP contribution >= 0.6 is 0 Å². The molecule has 0 saturated heterocycles. The largest absolute Gasteiger partial charge is 0.481 e. The van der Waals surface area contributed by atoms with Crippen molar-refractivity contribution in [2.24, 2.45) is 4.99 Å². The molecule has 0 spiro atoms. The zero-order chi connectivity index (χ0) is 20.5. The predicted octanol–water partition coefficient (Wildman–Crippen LogP) is 2.62. The van der Waals surface area contributed by atoms with Crippen LogP contribution in [0, 0.1) is 5.82 Å². The highest BCUT2D eigenvalue weighted by Crippen LogP contribution is 2.50. The van der Waals surface area contributed by atoms with E-state index in [1.807, 2.05) is 4.90 Å². The average Bonchev–Trinajstić information content (AvgIpc) is 3.00. The van der Waals surface area contributed by atoms with Gasteiger partial charge in [0.05, 0.1) is 29.9 Å². The Morgan fingerprint density at radius 2 is 2.00 bits per heavy atom. The van der Waals surface area contributed by atoms with Gasteiger partial charge in [-0.25, -0.2) is 4.39 Å². The number of Topliss-reactive ketones (excluding diaryl/α,β-unsaturated/α-hetero) is 1. The summed E-state index contributed by atoms with van der Waals surface area (Å²) in [5.74, 6) is -2.35. The number of halogens is 1. The minimum atomic E-state index is -1.05. The van der Waals surface area contributed by atoms with Crippen LogP contribution in [0.3, 0.4) is 0 Å². The van der Waals surface area contributed by atoms with E-state index in [2.05, 4.69) is 10.3 Å². The van der Waals surface area contributed by atoms with E-state index in [4.69, 9.17) is 0 Å². The number of carbonyl (C=O) groups is 3. The van der Waals surface area contributed by atoms with E-state index in [1.165, 1.54) is 18.3 Å². The molecule has 8 heteroatoms. The lowest BCUT2D eigenvalue weighted by Gasteiger charge is -2.23. The van der Waals surface area contributed by atoms with Crippen LogP contribution in [0.1, 0.15) is 22.6 Å². The molecule has 0 aliphatic carbocycles. The Morgan fingerprint density at radius 3 is 2.69 bits per heavy atom. The topological polar surface area (TPSA) is 99.1 Å². The number of nitrogens with zero attached hydrogens (tertiary/aromatic N) is 2. The molecule has 146 valence electrons. The summed E-state index contributed by atoms with van der Waals surface area (Å²) in [6, 6.07) is 9.38. The number of carboxylic acid groups (broad SMARTS) is 1. The molecule has 2 heterocycles. The Bertz CT molecular complexity index is 1080. The molecule has 0 bridgehead atoms. The summed E-state index contributed by atoms with van der Waals surface area (Å²) in [5.41, 5.74) is 3.38. The van der Waals surface area contributed by atoms with Crippen LogP contribution in [0.25, 0.3) is 0 Å². The number of anilines is 2. The first-order chi connectivity index (χ1) is 14.0. The number of ketones is 1. The number of fused-ring (bicyclic) bond motifs is 3. The Kier molecular flexibility index (Phi) is 4.67. The highest BCUT2D eigenvalue weighted by atomic mass is 19.1. The molecule has 2 aliphatic rings. The number of benzene rings is 2. The van der Waals surface area contributed by atoms with E-state index in [1.54, 1.807) is 30.5 Å². The maximum atomic E-state index is 13.3. The molecule has 4 rings (SSSR count). The molecule has 29 heavy (non-hydrogen) atoms. The van der Waals surface area contributed by atoms with Crippen LogP contribution in [0.2, 0.25) is 0 Å². The summed E-state index contributed by atoms with van der Waals surface area (Å²) < 4.78 is 13.3. The zero-order valence-corrected chi connectivity index (χ0v) is 15.1. The molecule has 0 fully saturated rings. The van der Waals surface area contributed by atoms with Crippen molar-refractivity contribution in [1.82, 2.24) is 0 Å². The Labute approximate surface area is 165 Å². The molecular formula is C21H16FN3O4. The van der Waals surface area contributed by atoms with Gasteiger partial charge in [0.25, 0.3) is 0 Å². The third kappa shape index (κ3) is 3.29. The third-order valence-electron chi connectivity index (χ3n) is 4.99. The minimum absolute atomic E-state index is 0.258. The summed E-state index contributed by atoms with van der Waals surface area (Å²) >= 11 is 0. The number of aliphatic carboxylic acids is 1. The Balaban J connectivity index is 1.86. The van der Waals surface area contributed by atoms with Crippen molar-refractivity contribution in [2.45, 2.75) is 18.9 Å². The standard InChI is InChI=1S/C21H16FN3O4/c22-14-4-1-12(2-5-14)10-25-15-6-3-13(7-18(28)29)21(24-11-26)20(15)19-16(25)8-23-9-17(19)27/h1-6,8-9,11,19H,7,10H2,(H,24,26)(H,28,29). The fourth-order valence-electron chi connectivity index (χ4n) is 3.81. The van der Waals surface area contributed by atoms with Crippen LogP contribution < -0.4 is 10.2 Å². The van der Waals surface area contributed by atoms with Crippen molar-refractivity contribution in [3.8, 4) is 0 Å². The lowest BCUT2D eigenvalue weighted by atomic mass is 9.90. The lowest BCUT2D eigenvalue weighted by molar-refractivity contribution is -0.136. The highest BCUT2D eigenvalue weighted by Gasteiger charge is 2.41. The molecule has 2 aromatic carbocycles. The van der Waals surface area contributed by atoms with Gasteiger partial charge in [-0.1, -0.05) is 18.2 Å². The lowest BCUT2D eigenvalue weighted by Crippen LogP contribution is -2.24. The van der Waals surface area contributed by atoms with E-state index in [0.29, 0.717) is 41.2 Å². The van der Waals surface area contributed by atoms with Gasteiger partial charge in [0.15, 0.2) is 5.78 Å². The maximum absolute atomic E-state index is 13.3. The monoisotopic (exact) mass is 393 g/mol. The second kappa shape index (κ2) is 7.31. The summed E-state index contributed by atoms with van der Waals surface area (Å²) in [5, 5.41) is 11.8. The van der Waals surface area contributed by atoms with Crippen molar-refractivity contribution in [3.63, 3.8) is 0 Å². The summed E-state index contributed by atoms with van der Waals surface area (Å²) in [6.45, 7) is 0.358. The highest BCUT2D eigenvalue weighted by molar-refractivity contribution is 6.33. The first-order valence-corrected chi connectivity index (χ1v) is 8.86. The van der Waals surface area contributed by atoms with E-state index in [-0.39, 0.29) is 18.0 Å². The number of carbonyl (C=O) groups excluding carboxylic acids is 2. The van der Waals surface area contributed by atoms with Crippen LogP contribution in [0.4, 0.5) is 15.8 Å². The average molecular weight is 393 g/mol. The number of amides is 1. The van der Waals surface area contributed by atoms with Gasteiger partial charge in [-0.05, 0) is 29.3 Å². The second-order valence-electron chi connectivity index (χ2n) is 6.75. The number of nitrogens with one attached hydrogen (secondary N) is 1. The first-order valence-electron chi connectivity index (χ1n) is 8.86. The quantitative estimate of drug-likeness (QED) is 0.735. The van der Waals surface area contributed by atoms with Crippen molar-refractivity contribution in [3.05, 3.63) is 70.8 Å². The summed E-state index contributed by atoms with van der Waals surface area (Å²) in [7, 11) is 0. The van der Waals surface area contributed by atoms with Crippen LogP contribution in [-0.4, -0.2) is 29.5 Å². The number of rotatable bonds is 6. The molecule has 0 radical (unpaired) electrons. The normalized spacial score (nSPS) is 16.9. The zero-order valence-electron chi connectivity index (χ0n) is 15.1. The third-order valence-corrected chi connectivity index (χ3v) is 4.99. The molecule has 0 saturated carbocycles. The fourth-order valence-corrected chi connectivity index (χ4v) is 3.81. The fraction of sp³-hybridized carbons (Fsp3) is 0.143. The Hall–Kier alpha value is -3.81. The van der Waals surface area contributed by atoms with Crippen molar-refractivity contribution in [1.29, 1.82) is 0 Å². The molecule has 0 aromatic heterocycles. The van der Waals surface area contributed by atoms with Gasteiger partial charge in [-0.2, -0.15) is 0 Å². The minimum Gasteiger partial charge on any atom is -0.481 e. The molecule has 2 aliphatic heterocycles. The molecule has 1 amide bonds. The molecule has 1 unspecified atom stereocenters. The van der Waals surface area contributed by atoms with Crippen molar-refractivity contribution < 1.29 is 23.9 Å². The SMILES string of the molecule is O=CNc1c(CC(=O)O)ccc2c1C1C(=O)C=NC=C1N2Cc1ccc(F)cc1. The maximum Gasteiger partial charge on any atom is 0.307 e. The number of allylic oxidation sites excluding steroid dienone is 1. The first kappa shape index (κ1) is 18.5. The summed E-state index contributed by atoms with van der Waals surface area (Å²) in [6.07, 6.45) is 2.97. The number of hydrogen-bond donors (Lipinski definition) is 2. The molecule has 1 atom stereocenters. The summed E-state index contributed by atoms with van der Waals surface area (Å²) in [4.78, 5) is 41.0. The van der Waals surface area contributed by atoms with Crippen LogP contribution in [0.5, 0.6) is 0 Å². The van der Waals surface area contributed by atoms with Gasteiger partial charge in [-0.15, -0.1) is 0 Å². The van der Waals surface area contributed by atoms with Crippen LogP contribution in [0.15, 0.2) is 53.3 Å². The van der Waals surface area contributed by atoms with E-state index in [0.717, 1.165) is 5.56 Å². The molecule has 7 nitrogen and oxygen atoms in total. The van der Waals surface area contributed by atoms with Crippen LogP contribution in [-0.2, 0) is 27.3 Å². The Morgan fingerprint density at radius 1 is 1.24 bits per heavy atom. The molecular weight excluding hydrogens is 377 g/mol. The van der Waals surface area contributed by atoms with Gasteiger partial charge >= 0.3 is 5.97 Å². The van der Waals surface area contributed by atoms with E-state index < -0.39 is 11.9 Å². The van der Waals surface area contributed by atoms with Crippen molar-refractivity contribution >= 4 is 35.8 Å². The number of aliphatic imine (C=N–C) groups is 1. The number of hydrogen-bond acceptors (Lipinski definition) is 5. The van der Waals surface area contributed by atoms with Gasteiger partial charge < -0.3 is 15.3 Å². The predicted molar refractivity (Wildman–Crippen MR) is 104 cm³/mol. The van der Waals surface area contributed by atoms with Gasteiger partial charge in [0, 0.05) is 24.0 Å². The smallest absolute Gasteiger partial charge is 0.307 e. The van der Waals surface area contributed by atoms with Crippen molar-refractivity contribution in [2.75, 3.05) is 10.2 Å².